The highest BCUT2D eigenvalue weighted by Crippen LogP contribution is 2.27. The van der Waals surface area contributed by atoms with Crippen molar-refractivity contribution in [2.75, 3.05) is 19.6 Å². The molecule has 1 atom stereocenters. The third-order valence-corrected chi connectivity index (χ3v) is 4.66. The van der Waals surface area contributed by atoms with Crippen LogP contribution in [0.5, 0.6) is 0 Å². The molecule has 1 aromatic heterocycles. The van der Waals surface area contributed by atoms with E-state index < -0.39 is 0 Å². The van der Waals surface area contributed by atoms with Gasteiger partial charge in [0.05, 0.1) is 17.4 Å². The maximum Gasteiger partial charge on any atom is 0.251 e. The van der Waals surface area contributed by atoms with E-state index in [0.29, 0.717) is 17.5 Å². The number of amides is 1. The van der Waals surface area contributed by atoms with E-state index in [4.69, 9.17) is 0 Å². The van der Waals surface area contributed by atoms with Crippen molar-refractivity contribution in [1.29, 1.82) is 0 Å². The van der Waals surface area contributed by atoms with E-state index in [9.17, 15) is 4.79 Å². The van der Waals surface area contributed by atoms with Crippen molar-refractivity contribution in [2.24, 2.45) is 5.92 Å². The third-order valence-electron chi connectivity index (χ3n) is 4.66. The van der Waals surface area contributed by atoms with Crippen LogP contribution in [0.1, 0.15) is 23.2 Å². The topological polar surface area (TPSA) is 61.0 Å². The van der Waals surface area contributed by atoms with Crippen molar-refractivity contribution >= 4 is 16.9 Å². The second-order valence-corrected chi connectivity index (χ2v) is 5.85. The van der Waals surface area contributed by atoms with Crippen LogP contribution in [0.3, 0.4) is 0 Å². The molecule has 1 amide bonds. The molecule has 0 aliphatic carbocycles. The van der Waals surface area contributed by atoms with Crippen LogP contribution >= 0.6 is 0 Å². The zero-order valence-electron chi connectivity index (χ0n) is 11.3. The zero-order valence-corrected chi connectivity index (χ0v) is 11.3. The average molecular weight is 270 g/mol. The number of hydrogen-bond donors (Lipinski definition) is 2. The molecule has 2 N–H and O–H groups in total. The van der Waals surface area contributed by atoms with Crippen LogP contribution in [-0.2, 0) is 0 Å². The molecule has 0 spiro atoms. The number of rotatable bonds is 2. The minimum atomic E-state index is 0.0219. The van der Waals surface area contributed by atoms with Crippen LogP contribution in [0.15, 0.2) is 24.5 Å². The lowest BCUT2D eigenvalue weighted by Gasteiger charge is -2.44. The van der Waals surface area contributed by atoms with E-state index in [1.54, 1.807) is 6.33 Å². The number of carbonyl (C=O) groups excluding carboxylic acids is 1. The number of nitrogens with one attached hydrogen (secondary N) is 2. The molecule has 0 unspecified atom stereocenters. The van der Waals surface area contributed by atoms with Gasteiger partial charge in [0.25, 0.3) is 5.91 Å². The van der Waals surface area contributed by atoms with Gasteiger partial charge < -0.3 is 15.2 Å². The summed E-state index contributed by atoms with van der Waals surface area (Å²) < 4.78 is 0. The first-order valence-electron chi connectivity index (χ1n) is 7.26. The molecular weight excluding hydrogens is 252 g/mol. The quantitative estimate of drug-likeness (QED) is 0.867. The summed E-state index contributed by atoms with van der Waals surface area (Å²) in [6, 6.07) is 5.92. The molecular formula is C15H18N4O. The Hall–Kier alpha value is -1.88. The highest BCUT2D eigenvalue weighted by molar-refractivity contribution is 5.97. The highest BCUT2D eigenvalue weighted by Gasteiger charge is 2.34. The first-order valence-corrected chi connectivity index (χ1v) is 7.26. The summed E-state index contributed by atoms with van der Waals surface area (Å²) in [7, 11) is 0. The number of imidazole rings is 1. The van der Waals surface area contributed by atoms with Gasteiger partial charge in [-0.25, -0.2) is 4.98 Å². The number of piperidine rings is 3. The average Bonchev–Trinajstić information content (AvgIpc) is 2.96. The summed E-state index contributed by atoms with van der Waals surface area (Å²) >= 11 is 0. The predicted molar refractivity (Wildman–Crippen MR) is 76.5 cm³/mol. The molecule has 3 saturated heterocycles. The SMILES string of the molecule is O=C(N[C@H]1CN2CCC1CC2)c1ccc2[nH]cnc2c1. The fourth-order valence-corrected chi connectivity index (χ4v) is 3.45. The minimum absolute atomic E-state index is 0.0219. The molecule has 5 nitrogen and oxygen atoms in total. The van der Waals surface area contributed by atoms with Gasteiger partial charge in [0.1, 0.15) is 0 Å². The number of aromatic amines is 1. The Morgan fingerprint density at radius 3 is 2.95 bits per heavy atom. The molecule has 1 aromatic carbocycles. The predicted octanol–water partition coefficient (Wildman–Crippen LogP) is 1.39. The standard InChI is InChI=1S/C15H18N4O/c20-15(11-1-2-12-13(7-11)17-9-16-12)18-14-8-19-5-3-10(14)4-6-19/h1-2,7,9-10,14H,3-6,8H2,(H,16,17)(H,18,20)/t14-/m0/s1. The van der Waals surface area contributed by atoms with E-state index in [1.165, 1.54) is 25.9 Å². The first-order chi connectivity index (χ1) is 9.79. The molecule has 2 aromatic rings. The van der Waals surface area contributed by atoms with E-state index in [0.717, 1.165) is 17.6 Å². The van der Waals surface area contributed by atoms with Gasteiger partial charge in [-0.3, -0.25) is 4.79 Å². The Balaban J connectivity index is 1.52. The molecule has 20 heavy (non-hydrogen) atoms. The van der Waals surface area contributed by atoms with Crippen molar-refractivity contribution in [3.05, 3.63) is 30.1 Å². The molecule has 0 saturated carbocycles. The van der Waals surface area contributed by atoms with Gasteiger partial charge in [-0.2, -0.15) is 0 Å². The maximum absolute atomic E-state index is 12.4. The number of carbonyl (C=O) groups is 1. The molecule has 5 rings (SSSR count). The second-order valence-electron chi connectivity index (χ2n) is 5.85. The summed E-state index contributed by atoms with van der Waals surface area (Å²) in [6.45, 7) is 3.38. The maximum atomic E-state index is 12.4. The number of nitrogens with zero attached hydrogens (tertiary/aromatic N) is 2. The first kappa shape index (κ1) is 11.9. The molecule has 3 aliphatic rings. The number of hydrogen-bond acceptors (Lipinski definition) is 3. The van der Waals surface area contributed by atoms with Crippen LogP contribution in [0.4, 0.5) is 0 Å². The smallest absolute Gasteiger partial charge is 0.251 e. The summed E-state index contributed by atoms with van der Waals surface area (Å²) in [5.74, 6) is 0.673. The molecule has 104 valence electrons. The summed E-state index contributed by atoms with van der Waals surface area (Å²) in [5, 5.41) is 3.20. The monoisotopic (exact) mass is 270 g/mol. The van der Waals surface area contributed by atoms with E-state index >= 15 is 0 Å². The van der Waals surface area contributed by atoms with E-state index in [2.05, 4.69) is 20.2 Å². The van der Waals surface area contributed by atoms with Crippen molar-refractivity contribution in [2.45, 2.75) is 18.9 Å². The molecule has 0 radical (unpaired) electrons. The fraction of sp³-hybridized carbons (Fsp3) is 0.467. The Morgan fingerprint density at radius 2 is 2.20 bits per heavy atom. The Bertz CT molecular complexity index is 642. The van der Waals surface area contributed by atoms with Gasteiger partial charge in [-0.15, -0.1) is 0 Å². The largest absolute Gasteiger partial charge is 0.348 e. The summed E-state index contributed by atoms with van der Waals surface area (Å²) in [5.41, 5.74) is 2.50. The van der Waals surface area contributed by atoms with Gasteiger partial charge in [-0.1, -0.05) is 0 Å². The zero-order chi connectivity index (χ0) is 13.5. The van der Waals surface area contributed by atoms with Crippen LogP contribution in [0, 0.1) is 5.92 Å². The van der Waals surface area contributed by atoms with Crippen molar-refractivity contribution in [1.82, 2.24) is 20.2 Å². The lowest BCUT2D eigenvalue weighted by atomic mass is 9.84. The third kappa shape index (κ3) is 1.98. The van der Waals surface area contributed by atoms with Gasteiger partial charge in [-0.05, 0) is 50.0 Å². The second kappa shape index (κ2) is 4.59. The Labute approximate surface area is 117 Å². The van der Waals surface area contributed by atoms with Crippen LogP contribution in [-0.4, -0.2) is 46.5 Å². The molecule has 4 heterocycles. The van der Waals surface area contributed by atoms with Crippen LogP contribution in [0.25, 0.3) is 11.0 Å². The highest BCUT2D eigenvalue weighted by atomic mass is 16.1. The Kier molecular flexibility index (Phi) is 2.73. The van der Waals surface area contributed by atoms with Gasteiger partial charge >= 0.3 is 0 Å². The van der Waals surface area contributed by atoms with Gasteiger partial charge in [0.2, 0.25) is 0 Å². The van der Waals surface area contributed by atoms with Crippen LogP contribution in [0.2, 0.25) is 0 Å². The van der Waals surface area contributed by atoms with E-state index in [1.807, 2.05) is 18.2 Å². The summed E-state index contributed by atoms with van der Waals surface area (Å²) in [6.07, 6.45) is 4.08. The molecule has 3 aliphatic heterocycles. The van der Waals surface area contributed by atoms with Crippen molar-refractivity contribution in [3.63, 3.8) is 0 Å². The van der Waals surface area contributed by atoms with E-state index in [-0.39, 0.29) is 5.91 Å². The molecule has 5 heteroatoms. The number of aromatic nitrogens is 2. The fourth-order valence-electron chi connectivity index (χ4n) is 3.45. The van der Waals surface area contributed by atoms with Gasteiger partial charge in [0, 0.05) is 18.2 Å². The van der Waals surface area contributed by atoms with Crippen molar-refractivity contribution < 1.29 is 4.79 Å². The van der Waals surface area contributed by atoms with Gasteiger partial charge in [0.15, 0.2) is 0 Å². The number of fused-ring (bicyclic) bond motifs is 4. The molecule has 2 bridgehead atoms. The Morgan fingerprint density at radius 1 is 1.35 bits per heavy atom. The number of benzene rings is 1. The normalized spacial score (nSPS) is 28.7. The minimum Gasteiger partial charge on any atom is -0.348 e. The summed E-state index contributed by atoms with van der Waals surface area (Å²) in [4.78, 5) is 22.1. The lowest BCUT2D eigenvalue weighted by molar-refractivity contribution is 0.0620. The lowest BCUT2D eigenvalue weighted by Crippen LogP contribution is -2.57. The molecule has 3 fully saturated rings. The van der Waals surface area contributed by atoms with Crippen molar-refractivity contribution in [3.8, 4) is 0 Å². The van der Waals surface area contributed by atoms with Crippen LogP contribution < -0.4 is 5.32 Å². The number of H-pyrrole nitrogens is 1.